The summed E-state index contributed by atoms with van der Waals surface area (Å²) >= 11 is 1.98. The van der Waals surface area contributed by atoms with E-state index >= 15 is 0 Å². The molecule has 218 valence electrons. The van der Waals surface area contributed by atoms with Crippen molar-refractivity contribution < 1.29 is 4.42 Å². The number of pyridine rings is 2. The summed E-state index contributed by atoms with van der Waals surface area (Å²) in [5.74, 6) is 1.94. The fraction of sp³-hybridized carbons (Fsp3) is 0.0476. The maximum absolute atomic E-state index is 6.40. The molecule has 0 N–H and O–H groups in total. The minimum atomic E-state index is 0.927. The number of hydrogen-bond donors (Lipinski definition) is 0. The highest BCUT2D eigenvalue weighted by Crippen LogP contribution is 2.43. The Labute approximate surface area is 271 Å². The quantitative estimate of drug-likeness (QED) is 0.199. The predicted molar refractivity (Wildman–Crippen MR) is 191 cm³/mol. The van der Waals surface area contributed by atoms with Gasteiger partial charge in [0.2, 0.25) is 0 Å². The minimum Gasteiger partial charge on any atom is -0.455 e. The van der Waals surface area contributed by atoms with Gasteiger partial charge in [0.25, 0.3) is 0 Å². The van der Waals surface area contributed by atoms with E-state index in [-0.39, 0.29) is 0 Å². The zero-order valence-corrected chi connectivity index (χ0v) is 25.8. The van der Waals surface area contributed by atoms with Crippen molar-refractivity contribution in [3.63, 3.8) is 0 Å². The first-order chi connectivity index (χ1) is 22.8. The first kappa shape index (κ1) is 26.9. The average molecular weight is 609 g/mol. The van der Waals surface area contributed by atoms with E-state index in [1.807, 2.05) is 60.8 Å². The molecule has 3 aromatic heterocycles. The lowest BCUT2D eigenvalue weighted by molar-refractivity contribution is 0.670. The molecule has 4 heterocycles. The molecule has 1 aliphatic rings. The molecular weight excluding hydrogens is 581 g/mol. The molecule has 0 saturated carbocycles. The van der Waals surface area contributed by atoms with Crippen molar-refractivity contribution in [1.29, 1.82) is 0 Å². The maximum atomic E-state index is 6.40. The van der Waals surface area contributed by atoms with Crippen molar-refractivity contribution in [2.24, 2.45) is 0 Å². The third-order valence-electron chi connectivity index (χ3n) is 8.99. The number of para-hydroxylation sites is 2. The molecule has 1 aliphatic heterocycles. The third kappa shape index (κ3) is 4.70. The molecule has 46 heavy (non-hydrogen) atoms. The number of fused-ring (bicyclic) bond motifs is 6. The smallest absolute Gasteiger partial charge is 0.143 e. The van der Waals surface area contributed by atoms with Gasteiger partial charge in [-0.1, -0.05) is 72.8 Å². The van der Waals surface area contributed by atoms with Crippen molar-refractivity contribution in [3.8, 4) is 55.6 Å². The van der Waals surface area contributed by atoms with Crippen LogP contribution in [0.2, 0.25) is 0 Å². The van der Waals surface area contributed by atoms with E-state index in [1.54, 1.807) is 0 Å². The van der Waals surface area contributed by atoms with Crippen LogP contribution in [0.1, 0.15) is 11.1 Å². The number of benzene rings is 5. The van der Waals surface area contributed by atoms with Gasteiger partial charge in [-0.3, -0.25) is 9.97 Å². The van der Waals surface area contributed by atoms with E-state index in [9.17, 15) is 0 Å². The van der Waals surface area contributed by atoms with Gasteiger partial charge in [0.05, 0.1) is 0 Å². The largest absolute Gasteiger partial charge is 0.455 e. The van der Waals surface area contributed by atoms with Crippen LogP contribution in [0, 0.1) is 0 Å². The van der Waals surface area contributed by atoms with Crippen molar-refractivity contribution in [3.05, 3.63) is 157 Å². The molecule has 9 rings (SSSR count). The Bertz CT molecular complexity index is 2340. The third-order valence-corrected chi connectivity index (χ3v) is 10.0. The Kier molecular flexibility index (Phi) is 6.53. The second-order valence-electron chi connectivity index (χ2n) is 11.8. The zero-order chi connectivity index (χ0) is 30.5. The highest BCUT2D eigenvalue weighted by Gasteiger charge is 2.19. The average Bonchev–Trinajstić information content (AvgIpc) is 3.41. The Hall–Kier alpha value is -5.45. The van der Waals surface area contributed by atoms with Gasteiger partial charge in [-0.2, -0.15) is 11.8 Å². The first-order valence-electron chi connectivity index (χ1n) is 15.5. The SMILES string of the molecule is c1cncc(-c2cc(-c3cccnc3)cc(-c3ccc4c(c3)-c3ccc(-c5cccc6c5oc5ccccc56)cc3CSC4)c2)c1. The number of nitrogens with zero attached hydrogens (tertiary/aromatic N) is 2. The summed E-state index contributed by atoms with van der Waals surface area (Å²) in [4.78, 5) is 8.79. The summed E-state index contributed by atoms with van der Waals surface area (Å²) in [7, 11) is 0. The van der Waals surface area contributed by atoms with Crippen LogP contribution in [0.3, 0.4) is 0 Å². The van der Waals surface area contributed by atoms with Crippen molar-refractivity contribution >= 4 is 33.7 Å². The Morgan fingerprint density at radius 2 is 1.15 bits per heavy atom. The second-order valence-corrected chi connectivity index (χ2v) is 12.8. The summed E-state index contributed by atoms with van der Waals surface area (Å²) in [5, 5.41) is 2.32. The monoisotopic (exact) mass is 608 g/mol. The molecule has 0 unspecified atom stereocenters. The van der Waals surface area contributed by atoms with E-state index in [4.69, 9.17) is 4.42 Å². The number of aromatic nitrogens is 2. The fourth-order valence-corrected chi connectivity index (χ4v) is 7.75. The van der Waals surface area contributed by atoms with E-state index < -0.39 is 0 Å². The lowest BCUT2D eigenvalue weighted by atomic mass is 9.89. The van der Waals surface area contributed by atoms with Crippen LogP contribution in [0.25, 0.3) is 77.6 Å². The molecule has 0 spiro atoms. The molecule has 0 bridgehead atoms. The van der Waals surface area contributed by atoms with Crippen LogP contribution < -0.4 is 0 Å². The van der Waals surface area contributed by atoms with E-state index in [0.717, 1.165) is 61.3 Å². The predicted octanol–water partition coefficient (Wildman–Crippen LogP) is 11.5. The first-order valence-corrected chi connectivity index (χ1v) is 16.6. The van der Waals surface area contributed by atoms with Crippen molar-refractivity contribution in [2.75, 3.05) is 0 Å². The van der Waals surface area contributed by atoms with Crippen LogP contribution in [-0.4, -0.2) is 9.97 Å². The highest BCUT2D eigenvalue weighted by atomic mass is 32.2. The Balaban J connectivity index is 1.17. The fourth-order valence-electron chi connectivity index (χ4n) is 6.72. The second kappa shape index (κ2) is 11.2. The van der Waals surface area contributed by atoms with Gasteiger partial charge in [-0.15, -0.1) is 0 Å². The standard InChI is InChI=1S/C42H28N2OS/c1-2-11-41-38(8-1)39-10-3-9-37(42(39)45-41)28-14-15-36-35(18-28)26-46-25-31-13-12-27(22-40(31)36)32-19-33(29-6-4-16-43-23-29)21-34(20-32)30-7-5-17-44-24-30/h1-24H,25-26H2. The molecule has 0 aliphatic carbocycles. The lowest BCUT2D eigenvalue weighted by Gasteiger charge is -2.15. The Morgan fingerprint density at radius 3 is 1.91 bits per heavy atom. The van der Waals surface area contributed by atoms with Gasteiger partial charge < -0.3 is 4.42 Å². The lowest BCUT2D eigenvalue weighted by Crippen LogP contribution is -1.92. The van der Waals surface area contributed by atoms with Gasteiger partial charge in [0.15, 0.2) is 0 Å². The summed E-state index contributed by atoms with van der Waals surface area (Å²) in [6, 6.07) is 43.7. The number of thioether (sulfide) groups is 1. The van der Waals surface area contributed by atoms with E-state index in [2.05, 4.69) is 107 Å². The molecule has 8 aromatic rings. The van der Waals surface area contributed by atoms with Crippen LogP contribution in [-0.2, 0) is 11.5 Å². The molecule has 4 heteroatoms. The molecule has 3 nitrogen and oxygen atoms in total. The van der Waals surface area contributed by atoms with Gasteiger partial charge in [-0.05, 0) is 98.6 Å². The minimum absolute atomic E-state index is 0.927. The number of rotatable bonds is 4. The summed E-state index contributed by atoms with van der Waals surface area (Å²) < 4.78 is 6.40. The number of hydrogen-bond acceptors (Lipinski definition) is 4. The highest BCUT2D eigenvalue weighted by molar-refractivity contribution is 7.97. The summed E-state index contributed by atoms with van der Waals surface area (Å²) in [6.07, 6.45) is 7.50. The van der Waals surface area contributed by atoms with Gasteiger partial charge in [0.1, 0.15) is 11.2 Å². The van der Waals surface area contributed by atoms with Crippen LogP contribution in [0.15, 0.2) is 151 Å². The van der Waals surface area contributed by atoms with Gasteiger partial charge in [0, 0.05) is 63.8 Å². The molecule has 5 aromatic carbocycles. The number of furan rings is 1. The van der Waals surface area contributed by atoms with E-state index in [1.165, 1.54) is 38.9 Å². The zero-order valence-electron chi connectivity index (χ0n) is 25.0. The van der Waals surface area contributed by atoms with Gasteiger partial charge in [-0.25, -0.2) is 0 Å². The van der Waals surface area contributed by atoms with Crippen LogP contribution >= 0.6 is 11.8 Å². The summed E-state index contributed by atoms with van der Waals surface area (Å²) in [5.41, 5.74) is 16.4. The maximum Gasteiger partial charge on any atom is 0.143 e. The summed E-state index contributed by atoms with van der Waals surface area (Å²) in [6.45, 7) is 0. The topological polar surface area (TPSA) is 38.9 Å². The van der Waals surface area contributed by atoms with Gasteiger partial charge >= 0.3 is 0 Å². The molecular formula is C42H28N2OS. The molecule has 0 atom stereocenters. The van der Waals surface area contributed by atoms with Crippen LogP contribution in [0.4, 0.5) is 0 Å². The molecule has 0 fully saturated rings. The Morgan fingerprint density at radius 1 is 0.457 bits per heavy atom. The molecule has 0 saturated heterocycles. The normalized spacial score (nSPS) is 12.5. The van der Waals surface area contributed by atoms with Crippen LogP contribution in [0.5, 0.6) is 0 Å². The van der Waals surface area contributed by atoms with Crippen molar-refractivity contribution in [1.82, 2.24) is 9.97 Å². The van der Waals surface area contributed by atoms with E-state index in [0.29, 0.717) is 0 Å². The molecule has 0 amide bonds. The van der Waals surface area contributed by atoms with Crippen molar-refractivity contribution in [2.45, 2.75) is 11.5 Å². The molecule has 0 radical (unpaired) electrons.